The highest BCUT2D eigenvalue weighted by Gasteiger charge is 2.25. The van der Waals surface area contributed by atoms with E-state index >= 15 is 0 Å². The van der Waals surface area contributed by atoms with Crippen LogP contribution in [0, 0.1) is 5.82 Å². The summed E-state index contributed by atoms with van der Waals surface area (Å²) in [6, 6.07) is 21.9. The van der Waals surface area contributed by atoms with Crippen LogP contribution < -0.4 is 10.1 Å². The monoisotopic (exact) mass is 426 g/mol. The summed E-state index contributed by atoms with van der Waals surface area (Å²) < 4.78 is 21.6. The molecule has 0 aliphatic carbocycles. The van der Waals surface area contributed by atoms with Gasteiger partial charge in [0, 0.05) is 35.3 Å². The summed E-state index contributed by atoms with van der Waals surface area (Å²) in [4.78, 5) is 24.1. The molecule has 1 aromatic heterocycles. The van der Waals surface area contributed by atoms with Crippen molar-refractivity contribution in [1.82, 2.24) is 9.88 Å². The molecule has 0 fully saturated rings. The first-order valence-electron chi connectivity index (χ1n) is 10.2. The molecule has 0 atom stereocenters. The minimum atomic E-state index is -0.437. The fourth-order valence-corrected chi connectivity index (χ4v) is 3.90. The van der Waals surface area contributed by atoms with Gasteiger partial charge in [-0.05, 0) is 41.5 Å². The maximum Gasteiger partial charge on any atom is 0.258 e. The molecule has 0 saturated heterocycles. The van der Waals surface area contributed by atoms with Gasteiger partial charge >= 0.3 is 0 Å². The third-order valence-corrected chi connectivity index (χ3v) is 5.39. The minimum absolute atomic E-state index is 0.304. The van der Waals surface area contributed by atoms with Crippen molar-refractivity contribution in [2.75, 3.05) is 0 Å². The zero-order chi connectivity index (χ0) is 22.1. The van der Waals surface area contributed by atoms with E-state index < -0.39 is 11.8 Å². The van der Waals surface area contributed by atoms with Crippen LogP contribution in [0.25, 0.3) is 16.5 Å². The Kier molecular flexibility index (Phi) is 5.03. The molecule has 4 aromatic rings. The molecule has 1 N–H and O–H groups in total. The Morgan fingerprint density at radius 1 is 0.906 bits per heavy atom. The van der Waals surface area contributed by atoms with Gasteiger partial charge in [0.2, 0.25) is 0 Å². The number of amides is 2. The van der Waals surface area contributed by atoms with Gasteiger partial charge < -0.3 is 9.30 Å². The number of carbonyl (C=O) groups excluding carboxylic acids is 2. The number of nitrogens with one attached hydrogen (secondary N) is 1. The summed E-state index contributed by atoms with van der Waals surface area (Å²) >= 11 is 0. The fourth-order valence-electron chi connectivity index (χ4n) is 3.90. The fraction of sp³-hybridized carbons (Fsp3) is 0.0769. The molecule has 1 aliphatic rings. The van der Waals surface area contributed by atoms with Gasteiger partial charge in [0.15, 0.2) is 0 Å². The molecule has 3 aromatic carbocycles. The number of hydrogen-bond acceptors (Lipinski definition) is 3. The van der Waals surface area contributed by atoms with E-state index in [4.69, 9.17) is 4.74 Å². The largest absolute Gasteiger partial charge is 0.489 e. The van der Waals surface area contributed by atoms with E-state index in [0.717, 1.165) is 22.0 Å². The van der Waals surface area contributed by atoms with Gasteiger partial charge in [-0.1, -0.05) is 42.5 Å². The Balaban J connectivity index is 1.55. The highest BCUT2D eigenvalue weighted by Crippen LogP contribution is 2.32. The Morgan fingerprint density at radius 3 is 2.47 bits per heavy atom. The van der Waals surface area contributed by atoms with Crippen molar-refractivity contribution >= 4 is 28.3 Å². The average Bonchev–Trinajstić information content (AvgIpc) is 3.31. The van der Waals surface area contributed by atoms with E-state index in [1.54, 1.807) is 6.07 Å². The number of hydrogen-bond donors (Lipinski definition) is 1. The number of imide groups is 1. The van der Waals surface area contributed by atoms with Crippen LogP contribution >= 0.6 is 0 Å². The van der Waals surface area contributed by atoms with Crippen molar-refractivity contribution in [3.05, 3.63) is 108 Å². The third-order valence-electron chi connectivity index (χ3n) is 5.39. The van der Waals surface area contributed by atoms with Crippen LogP contribution in [0.15, 0.2) is 85.1 Å². The van der Waals surface area contributed by atoms with Crippen LogP contribution in [0.3, 0.4) is 0 Å². The van der Waals surface area contributed by atoms with Gasteiger partial charge in [-0.3, -0.25) is 14.9 Å². The lowest BCUT2D eigenvalue weighted by molar-refractivity contribution is -0.123. The Morgan fingerprint density at radius 2 is 1.72 bits per heavy atom. The number of rotatable bonds is 6. The maximum absolute atomic E-state index is 13.7. The lowest BCUT2D eigenvalue weighted by atomic mass is 10.1. The predicted molar refractivity (Wildman–Crippen MR) is 119 cm³/mol. The van der Waals surface area contributed by atoms with Gasteiger partial charge in [-0.2, -0.15) is 0 Å². The molecule has 32 heavy (non-hydrogen) atoms. The first kappa shape index (κ1) is 19.8. The molecular weight excluding hydrogens is 407 g/mol. The predicted octanol–water partition coefficient (Wildman–Crippen LogP) is 4.45. The van der Waals surface area contributed by atoms with Crippen molar-refractivity contribution in [3.63, 3.8) is 0 Å². The van der Waals surface area contributed by atoms with Crippen molar-refractivity contribution in [2.24, 2.45) is 0 Å². The van der Waals surface area contributed by atoms with E-state index in [9.17, 15) is 14.0 Å². The van der Waals surface area contributed by atoms with Crippen LogP contribution in [0.2, 0.25) is 0 Å². The van der Waals surface area contributed by atoms with Crippen LogP contribution in [0.4, 0.5) is 4.39 Å². The molecule has 5 rings (SSSR count). The number of benzene rings is 3. The van der Waals surface area contributed by atoms with Gasteiger partial charge in [0.25, 0.3) is 11.8 Å². The quantitative estimate of drug-likeness (QED) is 0.464. The lowest BCUT2D eigenvalue weighted by Gasteiger charge is -2.09. The van der Waals surface area contributed by atoms with E-state index in [-0.39, 0.29) is 5.82 Å². The molecule has 158 valence electrons. The number of halogens is 1. The normalized spacial score (nSPS) is 13.3. The average molecular weight is 426 g/mol. The number of ether oxygens (including phenoxy) is 1. The van der Waals surface area contributed by atoms with Gasteiger partial charge in [0.1, 0.15) is 18.2 Å². The zero-order valence-electron chi connectivity index (χ0n) is 17.0. The molecule has 5 nitrogen and oxygen atoms in total. The summed E-state index contributed by atoms with van der Waals surface area (Å²) in [6.07, 6.45) is 3.13. The summed E-state index contributed by atoms with van der Waals surface area (Å²) in [6.45, 7) is 0.828. The molecule has 0 radical (unpaired) electrons. The second-order valence-electron chi connectivity index (χ2n) is 7.63. The SMILES string of the molecule is O=C1C=C(c2cn(Cc3cccc(F)c3)c3ccc(OCc4ccccc4)cc23)C(=O)N1. The summed E-state index contributed by atoms with van der Waals surface area (Å²) in [5.74, 6) is -0.529. The van der Waals surface area contributed by atoms with Crippen molar-refractivity contribution in [2.45, 2.75) is 13.2 Å². The summed E-state index contributed by atoms with van der Waals surface area (Å²) in [7, 11) is 0. The number of carbonyl (C=O) groups is 2. The molecule has 0 saturated carbocycles. The third kappa shape index (κ3) is 3.90. The zero-order valence-corrected chi connectivity index (χ0v) is 17.0. The second kappa shape index (κ2) is 8.15. The second-order valence-corrected chi connectivity index (χ2v) is 7.63. The van der Waals surface area contributed by atoms with Crippen molar-refractivity contribution in [3.8, 4) is 5.75 Å². The first-order valence-corrected chi connectivity index (χ1v) is 10.2. The summed E-state index contributed by atoms with van der Waals surface area (Å²) in [5, 5.41) is 3.08. The topological polar surface area (TPSA) is 60.3 Å². The van der Waals surface area contributed by atoms with Crippen molar-refractivity contribution < 1.29 is 18.7 Å². The van der Waals surface area contributed by atoms with Crippen LogP contribution in [-0.4, -0.2) is 16.4 Å². The van der Waals surface area contributed by atoms with E-state index in [2.05, 4.69) is 5.32 Å². The van der Waals surface area contributed by atoms with Gasteiger partial charge in [0.05, 0.1) is 5.57 Å². The van der Waals surface area contributed by atoms with Crippen LogP contribution in [0.1, 0.15) is 16.7 Å². The smallest absolute Gasteiger partial charge is 0.258 e. The highest BCUT2D eigenvalue weighted by atomic mass is 19.1. The van der Waals surface area contributed by atoms with Crippen LogP contribution in [0.5, 0.6) is 5.75 Å². The van der Waals surface area contributed by atoms with E-state index in [1.165, 1.54) is 18.2 Å². The van der Waals surface area contributed by atoms with Crippen molar-refractivity contribution in [1.29, 1.82) is 0 Å². The maximum atomic E-state index is 13.7. The molecule has 0 bridgehead atoms. The molecule has 1 aliphatic heterocycles. The van der Waals surface area contributed by atoms with E-state index in [1.807, 2.05) is 65.4 Å². The highest BCUT2D eigenvalue weighted by molar-refractivity contribution is 6.35. The Labute approximate surface area is 183 Å². The Hall–Kier alpha value is -4.19. The molecule has 0 unspecified atom stereocenters. The number of nitrogens with zero attached hydrogens (tertiary/aromatic N) is 1. The standard InChI is InChI=1S/C26H19FN2O3/c27-19-8-4-7-18(11-19)14-29-15-23(22-13-25(30)28-26(22)31)21-12-20(9-10-24(21)29)32-16-17-5-2-1-3-6-17/h1-13,15H,14,16H2,(H,28,30,31). The van der Waals surface area contributed by atoms with Gasteiger partial charge in [-0.15, -0.1) is 0 Å². The molecule has 0 spiro atoms. The van der Waals surface area contributed by atoms with Gasteiger partial charge in [-0.25, -0.2) is 4.39 Å². The first-order chi connectivity index (χ1) is 15.6. The van der Waals surface area contributed by atoms with E-state index in [0.29, 0.717) is 30.0 Å². The lowest BCUT2D eigenvalue weighted by Crippen LogP contribution is -2.21. The molecule has 6 heteroatoms. The molecule has 2 heterocycles. The van der Waals surface area contributed by atoms with Crippen LogP contribution in [-0.2, 0) is 22.7 Å². The number of aromatic nitrogens is 1. The number of fused-ring (bicyclic) bond motifs is 1. The Bertz CT molecular complexity index is 1370. The molecular formula is C26H19FN2O3. The summed E-state index contributed by atoms with van der Waals surface area (Å²) in [5.41, 5.74) is 3.62. The molecule has 2 amide bonds. The minimum Gasteiger partial charge on any atom is -0.489 e.